The number of nitrogens with two attached hydrogens (primary N) is 1. The number of benzene rings is 2. The van der Waals surface area contributed by atoms with Crippen LogP contribution >= 0.6 is 12.4 Å². The van der Waals surface area contributed by atoms with E-state index >= 15 is 0 Å². The van der Waals surface area contributed by atoms with E-state index in [0.29, 0.717) is 18.7 Å². The minimum atomic E-state index is 0. The average Bonchev–Trinajstić information content (AvgIpc) is 2.63. The summed E-state index contributed by atoms with van der Waals surface area (Å²) >= 11 is 0. The molecule has 0 amide bonds. The van der Waals surface area contributed by atoms with Gasteiger partial charge in [0.2, 0.25) is 0 Å². The number of nitrogens with zero attached hydrogens (tertiary/aromatic N) is 1. The number of piperidine rings is 1. The molecule has 0 aliphatic carbocycles. The molecule has 2 atom stereocenters. The lowest BCUT2D eigenvalue weighted by Crippen LogP contribution is -2.47. The first-order valence-electron chi connectivity index (χ1n) is 8.41. The molecule has 1 fully saturated rings. The Labute approximate surface area is 151 Å². The zero-order valence-corrected chi connectivity index (χ0v) is 15.0. The Hall–Kier alpha value is -1.39. The molecule has 24 heavy (non-hydrogen) atoms. The van der Waals surface area contributed by atoms with Gasteiger partial charge in [-0.15, -0.1) is 12.4 Å². The molecule has 3 nitrogen and oxygen atoms in total. The van der Waals surface area contributed by atoms with Crippen molar-refractivity contribution in [3.63, 3.8) is 0 Å². The van der Waals surface area contributed by atoms with Gasteiger partial charge in [-0.2, -0.15) is 0 Å². The predicted molar refractivity (Wildman–Crippen MR) is 102 cm³/mol. The molecule has 2 aromatic carbocycles. The molecule has 1 heterocycles. The summed E-state index contributed by atoms with van der Waals surface area (Å²) in [6, 6.07) is 19.8. The number of likely N-dealkylation sites (tertiary alicyclic amines) is 1. The second kappa shape index (κ2) is 9.19. The number of halogens is 1. The van der Waals surface area contributed by atoms with Crippen molar-refractivity contribution in [1.29, 1.82) is 0 Å². The van der Waals surface area contributed by atoms with Crippen LogP contribution in [0.1, 0.15) is 18.4 Å². The molecule has 1 aliphatic rings. The Balaban J connectivity index is 0.00000208. The Morgan fingerprint density at radius 2 is 1.71 bits per heavy atom. The van der Waals surface area contributed by atoms with E-state index in [4.69, 9.17) is 10.5 Å². The van der Waals surface area contributed by atoms with Gasteiger partial charge >= 0.3 is 0 Å². The zero-order chi connectivity index (χ0) is 16.1. The van der Waals surface area contributed by atoms with Gasteiger partial charge in [0, 0.05) is 32.8 Å². The maximum atomic E-state index is 5.97. The summed E-state index contributed by atoms with van der Waals surface area (Å²) in [5.74, 6) is 0. The van der Waals surface area contributed by atoms with E-state index in [2.05, 4.69) is 59.5 Å². The Morgan fingerprint density at radius 1 is 1.04 bits per heavy atom. The molecule has 130 valence electrons. The molecule has 4 heteroatoms. The molecule has 0 spiro atoms. The lowest BCUT2D eigenvalue weighted by atomic mass is 9.98. The topological polar surface area (TPSA) is 38.5 Å². The van der Waals surface area contributed by atoms with E-state index in [-0.39, 0.29) is 12.4 Å². The van der Waals surface area contributed by atoms with Gasteiger partial charge in [-0.25, -0.2) is 0 Å². The Morgan fingerprint density at radius 3 is 2.33 bits per heavy atom. The molecule has 0 saturated carbocycles. The van der Waals surface area contributed by atoms with Crippen molar-refractivity contribution in [1.82, 2.24) is 4.90 Å². The molecular weight excluding hydrogens is 320 g/mol. The van der Waals surface area contributed by atoms with Crippen LogP contribution in [0.15, 0.2) is 54.6 Å². The van der Waals surface area contributed by atoms with Crippen molar-refractivity contribution in [3.05, 3.63) is 60.2 Å². The summed E-state index contributed by atoms with van der Waals surface area (Å²) in [6.45, 7) is 2.72. The normalized spacial score (nSPS) is 21.2. The summed E-state index contributed by atoms with van der Waals surface area (Å²) in [6.07, 6.45) is 2.49. The molecule has 2 unspecified atom stereocenters. The van der Waals surface area contributed by atoms with Crippen LogP contribution in [0.3, 0.4) is 0 Å². The van der Waals surface area contributed by atoms with Crippen molar-refractivity contribution in [3.8, 4) is 11.1 Å². The number of hydrogen-bond acceptors (Lipinski definition) is 3. The van der Waals surface area contributed by atoms with Crippen molar-refractivity contribution in [2.75, 3.05) is 20.2 Å². The summed E-state index contributed by atoms with van der Waals surface area (Å²) in [4.78, 5) is 2.49. The molecule has 0 bridgehead atoms. The summed E-state index contributed by atoms with van der Waals surface area (Å²) < 4.78 is 5.50. The number of rotatable bonds is 5. The minimum absolute atomic E-state index is 0. The largest absolute Gasteiger partial charge is 0.381 e. The lowest BCUT2D eigenvalue weighted by Gasteiger charge is -2.38. The van der Waals surface area contributed by atoms with E-state index < -0.39 is 0 Å². The number of hydrogen-bond donors (Lipinski definition) is 1. The number of methoxy groups -OCH3 is 1. The second-order valence-corrected chi connectivity index (χ2v) is 6.31. The van der Waals surface area contributed by atoms with Crippen LogP contribution in [-0.4, -0.2) is 37.2 Å². The summed E-state index contributed by atoms with van der Waals surface area (Å²) in [5.41, 5.74) is 9.84. The van der Waals surface area contributed by atoms with E-state index in [0.717, 1.165) is 25.9 Å². The van der Waals surface area contributed by atoms with Gasteiger partial charge < -0.3 is 10.5 Å². The first-order valence-corrected chi connectivity index (χ1v) is 8.41. The highest BCUT2D eigenvalue weighted by Gasteiger charge is 2.27. The van der Waals surface area contributed by atoms with Crippen LogP contribution in [0.5, 0.6) is 0 Å². The van der Waals surface area contributed by atoms with Crippen LogP contribution < -0.4 is 5.73 Å². The van der Waals surface area contributed by atoms with Gasteiger partial charge in [0.1, 0.15) is 0 Å². The van der Waals surface area contributed by atoms with Crippen molar-refractivity contribution < 1.29 is 4.74 Å². The van der Waals surface area contributed by atoms with Crippen molar-refractivity contribution in [2.45, 2.75) is 31.5 Å². The van der Waals surface area contributed by atoms with Crippen LogP contribution in [0.25, 0.3) is 11.1 Å². The van der Waals surface area contributed by atoms with Crippen LogP contribution in [0.2, 0.25) is 0 Å². The smallest absolute Gasteiger partial charge is 0.0599 e. The molecule has 1 saturated heterocycles. The third kappa shape index (κ3) is 4.58. The third-order valence-electron chi connectivity index (χ3n) is 4.84. The third-order valence-corrected chi connectivity index (χ3v) is 4.84. The quantitative estimate of drug-likeness (QED) is 0.896. The summed E-state index contributed by atoms with van der Waals surface area (Å²) in [7, 11) is 1.80. The fraction of sp³-hybridized carbons (Fsp3) is 0.400. The van der Waals surface area contributed by atoms with Gasteiger partial charge in [-0.05, 0) is 29.5 Å². The first-order chi connectivity index (χ1) is 11.3. The van der Waals surface area contributed by atoms with Crippen molar-refractivity contribution >= 4 is 12.4 Å². The molecular formula is C20H27ClN2O. The Bertz CT molecular complexity index is 603. The minimum Gasteiger partial charge on any atom is -0.381 e. The molecule has 1 aliphatic heterocycles. The molecule has 0 aromatic heterocycles. The van der Waals surface area contributed by atoms with Gasteiger partial charge in [0.05, 0.1) is 6.10 Å². The highest BCUT2D eigenvalue weighted by molar-refractivity contribution is 5.85. The van der Waals surface area contributed by atoms with Crippen LogP contribution in [-0.2, 0) is 11.3 Å². The highest BCUT2D eigenvalue weighted by atomic mass is 35.5. The van der Waals surface area contributed by atoms with Crippen LogP contribution in [0.4, 0.5) is 0 Å². The van der Waals surface area contributed by atoms with E-state index in [9.17, 15) is 0 Å². The highest BCUT2D eigenvalue weighted by Crippen LogP contribution is 2.23. The van der Waals surface area contributed by atoms with E-state index in [1.807, 2.05) is 0 Å². The monoisotopic (exact) mass is 346 g/mol. The second-order valence-electron chi connectivity index (χ2n) is 6.31. The fourth-order valence-corrected chi connectivity index (χ4v) is 3.40. The maximum absolute atomic E-state index is 5.97. The van der Waals surface area contributed by atoms with Gasteiger partial charge in [-0.3, -0.25) is 4.90 Å². The standard InChI is InChI=1S/C20H26N2O.ClH/c1-23-20-11-12-22(19(13-20)14-21)15-16-7-9-18(10-8-16)17-5-3-2-4-6-17;/h2-10,19-20H,11-15,21H2,1H3;1H. The molecule has 2 aromatic rings. The van der Waals surface area contributed by atoms with Crippen molar-refractivity contribution in [2.24, 2.45) is 5.73 Å². The Kier molecular flexibility index (Phi) is 7.25. The van der Waals surface area contributed by atoms with Gasteiger partial charge in [0.25, 0.3) is 0 Å². The zero-order valence-electron chi connectivity index (χ0n) is 14.2. The molecule has 3 rings (SSSR count). The summed E-state index contributed by atoms with van der Waals surface area (Å²) in [5, 5.41) is 0. The van der Waals surface area contributed by atoms with Gasteiger partial charge in [0.15, 0.2) is 0 Å². The molecule has 2 N–H and O–H groups in total. The number of ether oxygens (including phenoxy) is 1. The molecule has 0 radical (unpaired) electrons. The van der Waals surface area contributed by atoms with E-state index in [1.54, 1.807) is 7.11 Å². The SMILES string of the molecule is COC1CCN(Cc2ccc(-c3ccccc3)cc2)C(CN)C1.Cl. The average molecular weight is 347 g/mol. The van der Waals surface area contributed by atoms with Crippen LogP contribution in [0, 0.1) is 0 Å². The first kappa shape index (κ1) is 18.9. The predicted octanol–water partition coefficient (Wildman–Crippen LogP) is 3.71. The maximum Gasteiger partial charge on any atom is 0.0599 e. The lowest BCUT2D eigenvalue weighted by molar-refractivity contribution is 0.0102. The van der Waals surface area contributed by atoms with E-state index in [1.165, 1.54) is 16.7 Å². The van der Waals surface area contributed by atoms with Gasteiger partial charge in [-0.1, -0.05) is 54.6 Å². The fourth-order valence-electron chi connectivity index (χ4n) is 3.40.